The summed E-state index contributed by atoms with van der Waals surface area (Å²) in [6.45, 7) is 8.31. The summed E-state index contributed by atoms with van der Waals surface area (Å²) >= 11 is 0. The van der Waals surface area contributed by atoms with Crippen LogP contribution in [-0.4, -0.2) is 36.6 Å². The van der Waals surface area contributed by atoms with Crippen LogP contribution in [0.5, 0.6) is 0 Å². The third-order valence-electron chi connectivity index (χ3n) is 3.90. The van der Waals surface area contributed by atoms with Gasteiger partial charge in [-0.3, -0.25) is 4.90 Å². The molecule has 15 heavy (non-hydrogen) atoms. The highest BCUT2D eigenvalue weighted by atomic mass is 15.2. The maximum absolute atomic E-state index is 3.42. The number of nitrogens with zero attached hydrogens (tertiary/aromatic N) is 1. The largest absolute Gasteiger partial charge is 0.316 e. The fourth-order valence-corrected chi connectivity index (χ4v) is 2.84. The molecule has 0 aromatic heterocycles. The summed E-state index contributed by atoms with van der Waals surface area (Å²) < 4.78 is 0. The van der Waals surface area contributed by atoms with E-state index in [2.05, 4.69) is 38.0 Å². The molecule has 3 unspecified atom stereocenters. The van der Waals surface area contributed by atoms with Crippen LogP contribution in [0.4, 0.5) is 0 Å². The molecule has 1 aliphatic heterocycles. The lowest BCUT2D eigenvalue weighted by Crippen LogP contribution is -2.53. The van der Waals surface area contributed by atoms with Gasteiger partial charge in [-0.05, 0) is 46.7 Å². The molecule has 2 heteroatoms. The molecule has 0 amide bonds. The lowest BCUT2D eigenvalue weighted by molar-refractivity contribution is 0.0777. The van der Waals surface area contributed by atoms with E-state index in [0.29, 0.717) is 6.04 Å². The van der Waals surface area contributed by atoms with Crippen molar-refractivity contribution >= 4 is 0 Å². The quantitative estimate of drug-likeness (QED) is 0.753. The average molecular weight is 212 g/mol. The van der Waals surface area contributed by atoms with Crippen molar-refractivity contribution in [2.45, 2.75) is 71.0 Å². The van der Waals surface area contributed by atoms with E-state index in [9.17, 15) is 0 Å². The van der Waals surface area contributed by atoms with Crippen molar-refractivity contribution in [2.75, 3.05) is 13.6 Å². The maximum Gasteiger partial charge on any atom is 0.0249 e. The van der Waals surface area contributed by atoms with Crippen LogP contribution in [0.2, 0.25) is 0 Å². The lowest BCUT2D eigenvalue weighted by atomic mass is 9.94. The van der Waals surface area contributed by atoms with Gasteiger partial charge < -0.3 is 5.32 Å². The molecule has 1 heterocycles. The Morgan fingerprint density at radius 3 is 2.67 bits per heavy atom. The maximum atomic E-state index is 3.42. The van der Waals surface area contributed by atoms with Crippen LogP contribution in [0.1, 0.15) is 52.9 Å². The van der Waals surface area contributed by atoms with Crippen LogP contribution in [0, 0.1) is 0 Å². The van der Waals surface area contributed by atoms with Crippen molar-refractivity contribution in [2.24, 2.45) is 0 Å². The number of rotatable bonds is 5. The standard InChI is InChI=1S/C13H28N2/c1-5-8-11(2)15-10-7-6-9-13(15)12(3)14-4/h11-14H,5-10H2,1-4H3. The van der Waals surface area contributed by atoms with Crippen molar-refractivity contribution in [3.8, 4) is 0 Å². The van der Waals surface area contributed by atoms with Crippen molar-refractivity contribution < 1.29 is 0 Å². The normalized spacial score (nSPS) is 27.6. The van der Waals surface area contributed by atoms with Gasteiger partial charge in [0.25, 0.3) is 0 Å². The molecule has 0 spiro atoms. The second-order valence-corrected chi connectivity index (χ2v) is 5.02. The van der Waals surface area contributed by atoms with Gasteiger partial charge in [-0.1, -0.05) is 19.8 Å². The van der Waals surface area contributed by atoms with E-state index in [1.54, 1.807) is 0 Å². The Bertz CT molecular complexity index is 170. The third-order valence-corrected chi connectivity index (χ3v) is 3.90. The topological polar surface area (TPSA) is 15.3 Å². The fourth-order valence-electron chi connectivity index (χ4n) is 2.84. The predicted molar refractivity (Wildman–Crippen MR) is 67.2 cm³/mol. The van der Waals surface area contributed by atoms with Gasteiger partial charge >= 0.3 is 0 Å². The average Bonchev–Trinajstić information content (AvgIpc) is 2.28. The van der Waals surface area contributed by atoms with Crippen molar-refractivity contribution in [3.63, 3.8) is 0 Å². The van der Waals surface area contributed by atoms with Gasteiger partial charge in [0.05, 0.1) is 0 Å². The molecule has 0 aliphatic carbocycles. The van der Waals surface area contributed by atoms with Gasteiger partial charge in [0.15, 0.2) is 0 Å². The Morgan fingerprint density at radius 2 is 2.07 bits per heavy atom. The summed E-state index contributed by atoms with van der Waals surface area (Å²) in [4.78, 5) is 2.73. The van der Waals surface area contributed by atoms with Crippen molar-refractivity contribution in [1.29, 1.82) is 0 Å². The van der Waals surface area contributed by atoms with Gasteiger partial charge in [0, 0.05) is 18.1 Å². The first-order chi connectivity index (χ1) is 7.20. The molecule has 0 radical (unpaired) electrons. The molecule has 0 bridgehead atoms. The van der Waals surface area contributed by atoms with Crippen LogP contribution in [0.25, 0.3) is 0 Å². The lowest BCUT2D eigenvalue weighted by Gasteiger charge is -2.42. The molecule has 0 aromatic rings. The molecule has 0 aromatic carbocycles. The third kappa shape index (κ3) is 3.46. The Balaban J connectivity index is 2.56. The molecule has 1 rings (SSSR count). The van der Waals surface area contributed by atoms with Crippen LogP contribution < -0.4 is 5.32 Å². The smallest absolute Gasteiger partial charge is 0.0249 e. The number of likely N-dealkylation sites (N-methyl/N-ethyl adjacent to an activating group) is 1. The summed E-state index contributed by atoms with van der Waals surface area (Å²) in [5.41, 5.74) is 0. The minimum Gasteiger partial charge on any atom is -0.316 e. The number of nitrogens with one attached hydrogen (secondary N) is 1. The molecule has 3 atom stereocenters. The molecule has 1 aliphatic rings. The van der Waals surface area contributed by atoms with Gasteiger partial charge in [-0.25, -0.2) is 0 Å². The first-order valence-corrected chi connectivity index (χ1v) is 6.63. The van der Waals surface area contributed by atoms with Gasteiger partial charge in [0.2, 0.25) is 0 Å². The zero-order valence-electron chi connectivity index (χ0n) is 10.9. The summed E-state index contributed by atoms with van der Waals surface area (Å²) in [5.74, 6) is 0. The van der Waals surface area contributed by atoms with Gasteiger partial charge in [-0.15, -0.1) is 0 Å². The molecule has 1 fully saturated rings. The fraction of sp³-hybridized carbons (Fsp3) is 1.00. The zero-order valence-corrected chi connectivity index (χ0v) is 10.9. The van der Waals surface area contributed by atoms with Crippen molar-refractivity contribution in [3.05, 3.63) is 0 Å². The monoisotopic (exact) mass is 212 g/mol. The van der Waals surface area contributed by atoms with Crippen LogP contribution in [0.15, 0.2) is 0 Å². The number of likely N-dealkylation sites (tertiary alicyclic amines) is 1. The van der Waals surface area contributed by atoms with Crippen molar-refractivity contribution in [1.82, 2.24) is 10.2 Å². The summed E-state index contributed by atoms with van der Waals surface area (Å²) in [7, 11) is 2.09. The van der Waals surface area contributed by atoms with E-state index >= 15 is 0 Å². The Labute approximate surface area is 95.4 Å². The summed E-state index contributed by atoms with van der Waals surface area (Å²) in [5, 5.41) is 3.42. The highest BCUT2D eigenvalue weighted by Crippen LogP contribution is 2.23. The van der Waals surface area contributed by atoms with Crippen LogP contribution in [0.3, 0.4) is 0 Å². The SMILES string of the molecule is CCCC(C)N1CCCCC1C(C)NC. The number of hydrogen-bond donors (Lipinski definition) is 1. The first kappa shape index (κ1) is 13.0. The molecule has 90 valence electrons. The Kier molecular flexibility index (Phi) is 5.62. The van der Waals surface area contributed by atoms with Gasteiger partial charge in [0.1, 0.15) is 0 Å². The van der Waals surface area contributed by atoms with E-state index in [4.69, 9.17) is 0 Å². The highest BCUT2D eigenvalue weighted by molar-refractivity contribution is 4.86. The van der Waals surface area contributed by atoms with E-state index in [1.165, 1.54) is 38.6 Å². The minimum absolute atomic E-state index is 0.629. The number of hydrogen-bond acceptors (Lipinski definition) is 2. The van der Waals surface area contributed by atoms with Crippen LogP contribution >= 0.6 is 0 Å². The number of piperidine rings is 1. The second kappa shape index (κ2) is 6.49. The zero-order chi connectivity index (χ0) is 11.3. The van der Waals surface area contributed by atoms with E-state index in [-0.39, 0.29) is 0 Å². The minimum atomic E-state index is 0.629. The van der Waals surface area contributed by atoms with Gasteiger partial charge in [-0.2, -0.15) is 0 Å². The summed E-state index contributed by atoms with van der Waals surface area (Å²) in [6, 6.07) is 2.14. The molecule has 1 saturated heterocycles. The predicted octanol–water partition coefficient (Wildman–Crippen LogP) is 2.64. The second-order valence-electron chi connectivity index (χ2n) is 5.02. The molecule has 0 saturated carbocycles. The molecule has 2 nitrogen and oxygen atoms in total. The van der Waals surface area contributed by atoms with E-state index < -0.39 is 0 Å². The van der Waals surface area contributed by atoms with Crippen LogP contribution in [-0.2, 0) is 0 Å². The Morgan fingerprint density at radius 1 is 1.33 bits per heavy atom. The highest BCUT2D eigenvalue weighted by Gasteiger charge is 2.29. The van der Waals surface area contributed by atoms with E-state index in [1.807, 2.05) is 0 Å². The first-order valence-electron chi connectivity index (χ1n) is 6.63. The molecular weight excluding hydrogens is 184 g/mol. The summed E-state index contributed by atoms with van der Waals surface area (Å²) in [6.07, 6.45) is 6.81. The Hall–Kier alpha value is -0.0800. The van der Waals surface area contributed by atoms with E-state index in [0.717, 1.165) is 12.1 Å². The molecular formula is C13H28N2. The molecule has 1 N–H and O–H groups in total.